The molecule has 0 aromatic heterocycles. The quantitative estimate of drug-likeness (QED) is 0.528. The Kier molecular flexibility index (Phi) is 5.81. The number of hydrogen-bond donors (Lipinski definition) is 3. The van der Waals surface area contributed by atoms with Crippen LogP contribution < -0.4 is 10.6 Å². The van der Waals surface area contributed by atoms with E-state index in [1.165, 1.54) is 0 Å². The Labute approximate surface area is 127 Å². The Morgan fingerprint density at radius 1 is 1.45 bits per heavy atom. The lowest BCUT2D eigenvalue weighted by atomic mass is 10.0. The summed E-state index contributed by atoms with van der Waals surface area (Å²) in [5.74, 6) is -1.56. The van der Waals surface area contributed by atoms with Crippen LogP contribution in [-0.2, 0) is 0 Å². The van der Waals surface area contributed by atoms with Crippen molar-refractivity contribution in [2.24, 2.45) is 0 Å². The molecule has 0 aliphatic rings. The number of hydrogen-bond acceptors (Lipinski definition) is 5. The van der Waals surface area contributed by atoms with Crippen molar-refractivity contribution in [3.63, 3.8) is 0 Å². The Morgan fingerprint density at radius 3 is 2.59 bits per heavy atom. The normalized spacial score (nSPS) is 11.1. The number of nitro groups is 1. The van der Waals surface area contributed by atoms with Crippen LogP contribution in [0.2, 0.25) is 0 Å². The molecule has 0 aliphatic carbocycles. The van der Waals surface area contributed by atoms with Gasteiger partial charge in [-0.3, -0.25) is 14.9 Å². The monoisotopic (exact) mass is 313 g/mol. The van der Waals surface area contributed by atoms with Crippen LogP contribution in [0.1, 0.15) is 37.6 Å². The molecule has 0 atom stereocenters. The van der Waals surface area contributed by atoms with E-state index in [9.17, 15) is 24.4 Å². The number of nitrogens with one attached hydrogen (secondary N) is 2. The molecule has 1 amide bonds. The van der Waals surface area contributed by atoms with Gasteiger partial charge < -0.3 is 15.7 Å². The lowest BCUT2D eigenvalue weighted by Gasteiger charge is -2.24. The van der Waals surface area contributed by atoms with Crippen molar-refractivity contribution < 1.29 is 19.2 Å². The zero-order chi connectivity index (χ0) is 16.9. The van der Waals surface area contributed by atoms with Crippen molar-refractivity contribution >= 4 is 17.3 Å². The second-order valence-electron chi connectivity index (χ2n) is 5.53. The molecule has 0 saturated carbocycles. The molecule has 0 radical (unpaired) electrons. The van der Waals surface area contributed by atoms with Gasteiger partial charge >= 0.3 is 0 Å². The lowest BCUT2D eigenvalue weighted by Crippen LogP contribution is -2.35. The summed E-state index contributed by atoms with van der Waals surface area (Å²) in [5.41, 5.74) is -1.77. The van der Waals surface area contributed by atoms with Gasteiger partial charge in [0.05, 0.1) is 22.6 Å². The molecule has 0 fully saturated rings. The van der Waals surface area contributed by atoms with Gasteiger partial charge in [-0.2, -0.15) is 0 Å². The standard InChI is InChI=1S/C14H20FN3O4/c1-4-5-16-13(20)9-6-12(18(21)22)11(7-10(9)15)17-14(2,3)8-19/h6-7,17,19H,4-5,8H2,1-3H3,(H,16,20). The molecule has 1 aromatic carbocycles. The summed E-state index contributed by atoms with van der Waals surface area (Å²) in [4.78, 5) is 22.3. The maximum Gasteiger partial charge on any atom is 0.293 e. The number of anilines is 1. The van der Waals surface area contributed by atoms with E-state index in [2.05, 4.69) is 10.6 Å². The van der Waals surface area contributed by atoms with E-state index >= 15 is 0 Å². The van der Waals surface area contributed by atoms with E-state index < -0.39 is 27.9 Å². The summed E-state index contributed by atoms with van der Waals surface area (Å²) in [7, 11) is 0. The molecule has 0 aliphatic heterocycles. The molecule has 1 rings (SSSR count). The number of nitrogens with zero attached hydrogens (tertiary/aromatic N) is 1. The Morgan fingerprint density at radius 2 is 2.09 bits per heavy atom. The molecule has 122 valence electrons. The number of aliphatic hydroxyl groups excluding tert-OH is 1. The maximum absolute atomic E-state index is 14.1. The van der Waals surface area contributed by atoms with Crippen molar-refractivity contribution in [2.75, 3.05) is 18.5 Å². The summed E-state index contributed by atoms with van der Waals surface area (Å²) >= 11 is 0. The van der Waals surface area contributed by atoms with Crippen LogP contribution in [0.3, 0.4) is 0 Å². The molecule has 0 bridgehead atoms. The zero-order valence-corrected chi connectivity index (χ0v) is 12.8. The average molecular weight is 313 g/mol. The summed E-state index contributed by atoms with van der Waals surface area (Å²) in [6, 6.07) is 1.80. The molecule has 0 unspecified atom stereocenters. The predicted octanol–water partition coefficient (Wildman–Crippen LogP) is 2.06. The average Bonchev–Trinajstić information content (AvgIpc) is 2.44. The second kappa shape index (κ2) is 7.17. The third kappa shape index (κ3) is 4.39. The maximum atomic E-state index is 14.1. The lowest BCUT2D eigenvalue weighted by molar-refractivity contribution is -0.384. The molecule has 22 heavy (non-hydrogen) atoms. The third-order valence-electron chi connectivity index (χ3n) is 2.93. The third-order valence-corrected chi connectivity index (χ3v) is 2.93. The van der Waals surface area contributed by atoms with E-state index in [0.717, 1.165) is 12.1 Å². The van der Waals surface area contributed by atoms with Gasteiger partial charge in [-0.15, -0.1) is 0 Å². The molecule has 0 spiro atoms. The van der Waals surface area contributed by atoms with E-state index in [1.807, 2.05) is 6.92 Å². The highest BCUT2D eigenvalue weighted by molar-refractivity contribution is 5.96. The van der Waals surface area contributed by atoms with Crippen molar-refractivity contribution in [1.82, 2.24) is 5.32 Å². The van der Waals surface area contributed by atoms with Gasteiger partial charge in [-0.05, 0) is 20.3 Å². The molecule has 1 aromatic rings. The fourth-order valence-electron chi connectivity index (χ4n) is 1.72. The van der Waals surface area contributed by atoms with Gasteiger partial charge in [0, 0.05) is 18.7 Å². The summed E-state index contributed by atoms with van der Waals surface area (Å²) in [6.07, 6.45) is 0.666. The first-order valence-electron chi connectivity index (χ1n) is 6.87. The van der Waals surface area contributed by atoms with Gasteiger partial charge in [0.1, 0.15) is 11.5 Å². The highest BCUT2D eigenvalue weighted by Crippen LogP contribution is 2.30. The van der Waals surface area contributed by atoms with Gasteiger partial charge in [0.15, 0.2) is 0 Å². The highest BCUT2D eigenvalue weighted by atomic mass is 19.1. The van der Waals surface area contributed by atoms with Crippen molar-refractivity contribution in [1.29, 1.82) is 0 Å². The molecule has 0 saturated heterocycles. The number of rotatable bonds is 7. The first kappa shape index (κ1) is 17.8. The van der Waals surface area contributed by atoms with E-state index in [-0.39, 0.29) is 17.9 Å². The fourth-order valence-corrected chi connectivity index (χ4v) is 1.72. The van der Waals surface area contributed by atoms with Gasteiger partial charge in [-0.25, -0.2) is 4.39 Å². The number of nitro benzene ring substituents is 1. The minimum absolute atomic E-state index is 0.0893. The van der Waals surface area contributed by atoms with E-state index in [4.69, 9.17) is 0 Å². The molecule has 7 nitrogen and oxygen atoms in total. The van der Waals surface area contributed by atoms with E-state index in [1.54, 1.807) is 13.8 Å². The summed E-state index contributed by atoms with van der Waals surface area (Å²) in [5, 5.41) is 25.5. The molecule has 3 N–H and O–H groups in total. The van der Waals surface area contributed by atoms with Crippen LogP contribution >= 0.6 is 0 Å². The van der Waals surface area contributed by atoms with Crippen LogP contribution in [0, 0.1) is 15.9 Å². The SMILES string of the molecule is CCCNC(=O)c1cc([N+](=O)[O-])c(NC(C)(C)CO)cc1F. The zero-order valence-electron chi connectivity index (χ0n) is 12.8. The number of carbonyl (C=O) groups excluding carboxylic acids is 1. The summed E-state index contributed by atoms with van der Waals surface area (Å²) < 4.78 is 14.1. The van der Waals surface area contributed by atoms with Crippen LogP contribution in [-0.4, -0.2) is 34.6 Å². The highest BCUT2D eigenvalue weighted by Gasteiger charge is 2.26. The smallest absolute Gasteiger partial charge is 0.293 e. The van der Waals surface area contributed by atoms with Gasteiger partial charge in [-0.1, -0.05) is 6.92 Å². The number of carbonyl (C=O) groups is 1. The molecular formula is C14H20FN3O4. The fraction of sp³-hybridized carbons (Fsp3) is 0.500. The van der Waals surface area contributed by atoms with E-state index in [0.29, 0.717) is 13.0 Å². The van der Waals surface area contributed by atoms with Crippen LogP contribution in [0.5, 0.6) is 0 Å². The predicted molar refractivity (Wildman–Crippen MR) is 80.5 cm³/mol. The Balaban J connectivity index is 3.24. The summed E-state index contributed by atoms with van der Waals surface area (Å²) in [6.45, 7) is 5.10. The first-order valence-corrected chi connectivity index (χ1v) is 6.87. The number of halogens is 1. The van der Waals surface area contributed by atoms with Gasteiger partial charge in [0.2, 0.25) is 0 Å². The largest absolute Gasteiger partial charge is 0.394 e. The number of benzene rings is 1. The second-order valence-corrected chi connectivity index (χ2v) is 5.53. The first-order chi connectivity index (χ1) is 10.2. The minimum Gasteiger partial charge on any atom is -0.394 e. The van der Waals surface area contributed by atoms with Crippen molar-refractivity contribution in [3.8, 4) is 0 Å². The molecule has 8 heteroatoms. The molecular weight excluding hydrogens is 293 g/mol. The Hall–Kier alpha value is -2.22. The minimum atomic E-state index is -0.872. The van der Waals surface area contributed by atoms with Crippen LogP contribution in [0.15, 0.2) is 12.1 Å². The van der Waals surface area contributed by atoms with Crippen LogP contribution in [0.25, 0.3) is 0 Å². The topological polar surface area (TPSA) is 104 Å². The molecule has 0 heterocycles. The van der Waals surface area contributed by atoms with Crippen LogP contribution in [0.4, 0.5) is 15.8 Å². The number of amides is 1. The van der Waals surface area contributed by atoms with Gasteiger partial charge in [0.25, 0.3) is 11.6 Å². The van der Waals surface area contributed by atoms with Crippen molar-refractivity contribution in [2.45, 2.75) is 32.7 Å². The Bertz CT molecular complexity index is 575. The van der Waals surface area contributed by atoms with Crippen molar-refractivity contribution in [3.05, 3.63) is 33.6 Å². The number of aliphatic hydroxyl groups is 1.